The molecule has 1 aliphatic heterocycles. The molecule has 27 heavy (non-hydrogen) atoms. The SMILES string of the molecule is COc1ccc([C@H]2CC(C)=NN2c2nc(-c3ccccc3)cs2)cc1OC. The maximum absolute atomic E-state index is 5.47. The van der Waals surface area contributed by atoms with E-state index in [1.54, 1.807) is 25.6 Å². The molecule has 1 aromatic heterocycles. The highest BCUT2D eigenvalue weighted by molar-refractivity contribution is 7.14. The highest BCUT2D eigenvalue weighted by atomic mass is 32.1. The molecule has 6 heteroatoms. The first-order chi connectivity index (χ1) is 13.2. The number of aromatic nitrogens is 1. The Morgan fingerprint density at radius 3 is 2.56 bits per heavy atom. The predicted molar refractivity (Wildman–Crippen MR) is 110 cm³/mol. The fourth-order valence-corrected chi connectivity index (χ4v) is 4.10. The van der Waals surface area contributed by atoms with Crippen molar-refractivity contribution in [3.05, 3.63) is 59.5 Å². The minimum absolute atomic E-state index is 0.0968. The Hall–Kier alpha value is -2.86. The molecule has 1 atom stereocenters. The van der Waals surface area contributed by atoms with Crippen LogP contribution in [0.5, 0.6) is 11.5 Å². The van der Waals surface area contributed by atoms with Crippen molar-refractivity contribution >= 4 is 22.2 Å². The van der Waals surface area contributed by atoms with Crippen LogP contribution in [0.3, 0.4) is 0 Å². The molecule has 0 fully saturated rings. The van der Waals surface area contributed by atoms with Crippen LogP contribution in [-0.2, 0) is 0 Å². The smallest absolute Gasteiger partial charge is 0.207 e. The number of ether oxygens (including phenoxy) is 2. The van der Waals surface area contributed by atoms with Crippen molar-refractivity contribution in [1.29, 1.82) is 0 Å². The molecule has 5 nitrogen and oxygen atoms in total. The number of nitrogens with zero attached hydrogens (tertiary/aromatic N) is 3. The van der Waals surface area contributed by atoms with E-state index < -0.39 is 0 Å². The Bertz CT molecular complexity index is 969. The summed E-state index contributed by atoms with van der Waals surface area (Å²) in [6.45, 7) is 2.06. The summed E-state index contributed by atoms with van der Waals surface area (Å²) >= 11 is 1.61. The average Bonchev–Trinajstić information content (AvgIpc) is 3.35. The number of anilines is 1. The van der Waals surface area contributed by atoms with Crippen LogP contribution in [0, 0.1) is 0 Å². The van der Waals surface area contributed by atoms with Gasteiger partial charge >= 0.3 is 0 Å². The van der Waals surface area contributed by atoms with E-state index in [9.17, 15) is 0 Å². The van der Waals surface area contributed by atoms with E-state index in [1.807, 2.05) is 35.3 Å². The molecule has 0 spiro atoms. The van der Waals surface area contributed by atoms with Crippen LogP contribution in [0.1, 0.15) is 24.9 Å². The Morgan fingerprint density at radius 1 is 1.04 bits per heavy atom. The molecule has 138 valence electrons. The van der Waals surface area contributed by atoms with Crippen LogP contribution in [-0.4, -0.2) is 24.9 Å². The molecule has 0 bridgehead atoms. The van der Waals surface area contributed by atoms with Gasteiger partial charge in [0.1, 0.15) is 0 Å². The zero-order valence-corrected chi connectivity index (χ0v) is 16.4. The lowest BCUT2D eigenvalue weighted by Gasteiger charge is -2.22. The highest BCUT2D eigenvalue weighted by Gasteiger charge is 2.30. The van der Waals surface area contributed by atoms with Crippen molar-refractivity contribution in [2.45, 2.75) is 19.4 Å². The molecule has 3 aromatic rings. The summed E-state index contributed by atoms with van der Waals surface area (Å²) in [5.74, 6) is 1.45. The van der Waals surface area contributed by atoms with E-state index in [0.717, 1.165) is 45.6 Å². The van der Waals surface area contributed by atoms with Gasteiger partial charge in [-0.2, -0.15) is 5.10 Å². The molecule has 0 unspecified atom stereocenters. The van der Waals surface area contributed by atoms with Gasteiger partial charge in [0.2, 0.25) is 5.13 Å². The molecule has 0 radical (unpaired) electrons. The lowest BCUT2D eigenvalue weighted by atomic mass is 10.0. The molecule has 0 saturated heterocycles. The van der Waals surface area contributed by atoms with E-state index in [0.29, 0.717) is 0 Å². The predicted octanol–water partition coefficient (Wildman–Crippen LogP) is 5.15. The van der Waals surface area contributed by atoms with Gasteiger partial charge in [0, 0.05) is 23.1 Å². The fourth-order valence-electron chi connectivity index (χ4n) is 3.27. The summed E-state index contributed by atoms with van der Waals surface area (Å²) in [5.41, 5.74) is 4.31. The van der Waals surface area contributed by atoms with Gasteiger partial charge in [0.05, 0.1) is 26.0 Å². The Labute approximate surface area is 162 Å². The second-order valence-electron chi connectivity index (χ2n) is 6.40. The number of hydrazone groups is 1. The quantitative estimate of drug-likeness (QED) is 0.615. The van der Waals surface area contributed by atoms with Crippen molar-refractivity contribution in [2.24, 2.45) is 5.10 Å². The van der Waals surface area contributed by atoms with E-state index in [-0.39, 0.29) is 6.04 Å². The van der Waals surface area contributed by atoms with Gasteiger partial charge in [-0.1, -0.05) is 36.4 Å². The van der Waals surface area contributed by atoms with E-state index in [2.05, 4.69) is 30.5 Å². The molecule has 0 aliphatic carbocycles. The molecule has 0 amide bonds. The number of hydrogen-bond donors (Lipinski definition) is 0. The topological polar surface area (TPSA) is 47.0 Å². The third kappa shape index (κ3) is 3.40. The zero-order chi connectivity index (χ0) is 18.8. The fraction of sp³-hybridized carbons (Fsp3) is 0.238. The Kier molecular flexibility index (Phi) is 4.81. The summed E-state index contributed by atoms with van der Waals surface area (Å²) in [6.07, 6.45) is 0.857. The summed E-state index contributed by atoms with van der Waals surface area (Å²) in [4.78, 5) is 4.83. The van der Waals surface area contributed by atoms with E-state index in [1.165, 1.54) is 0 Å². The third-order valence-electron chi connectivity index (χ3n) is 4.61. The monoisotopic (exact) mass is 379 g/mol. The maximum atomic E-state index is 5.47. The number of thiazole rings is 1. The zero-order valence-electron chi connectivity index (χ0n) is 15.5. The highest BCUT2D eigenvalue weighted by Crippen LogP contribution is 2.40. The second kappa shape index (κ2) is 7.40. The first kappa shape index (κ1) is 17.5. The largest absolute Gasteiger partial charge is 0.493 e. The lowest BCUT2D eigenvalue weighted by molar-refractivity contribution is 0.354. The van der Waals surface area contributed by atoms with Crippen LogP contribution in [0.15, 0.2) is 59.0 Å². The maximum Gasteiger partial charge on any atom is 0.207 e. The van der Waals surface area contributed by atoms with Crippen molar-refractivity contribution in [1.82, 2.24) is 4.98 Å². The van der Waals surface area contributed by atoms with Gasteiger partial charge in [-0.25, -0.2) is 9.99 Å². The molecular weight excluding hydrogens is 358 g/mol. The van der Waals surface area contributed by atoms with Gasteiger partial charge in [0.25, 0.3) is 0 Å². The number of rotatable bonds is 5. The molecule has 2 heterocycles. The standard InChI is InChI=1S/C21H21N3O2S/c1-14-11-18(16-9-10-19(25-2)20(12-16)26-3)24(23-14)21-22-17(13-27-21)15-7-5-4-6-8-15/h4-10,12-13,18H,11H2,1-3H3/t18-/m1/s1. The van der Waals surface area contributed by atoms with Gasteiger partial charge in [-0.3, -0.25) is 0 Å². The summed E-state index contributed by atoms with van der Waals surface area (Å²) in [5, 5.41) is 9.75. The lowest BCUT2D eigenvalue weighted by Crippen LogP contribution is -2.18. The molecule has 4 rings (SSSR count). The van der Waals surface area contributed by atoms with Gasteiger partial charge in [-0.15, -0.1) is 11.3 Å². The number of methoxy groups -OCH3 is 2. The normalized spacial score (nSPS) is 16.3. The van der Waals surface area contributed by atoms with Gasteiger partial charge in [0.15, 0.2) is 11.5 Å². The Morgan fingerprint density at radius 2 is 1.81 bits per heavy atom. The number of hydrogen-bond acceptors (Lipinski definition) is 6. The molecule has 1 aliphatic rings. The molecule has 2 aromatic carbocycles. The summed E-state index contributed by atoms with van der Waals surface area (Å²) < 4.78 is 10.8. The van der Waals surface area contributed by atoms with Crippen LogP contribution < -0.4 is 14.5 Å². The minimum atomic E-state index is 0.0968. The van der Waals surface area contributed by atoms with Gasteiger partial charge in [-0.05, 0) is 24.6 Å². The van der Waals surface area contributed by atoms with Crippen LogP contribution in [0.2, 0.25) is 0 Å². The first-order valence-corrected chi connectivity index (χ1v) is 9.63. The first-order valence-electron chi connectivity index (χ1n) is 8.76. The van der Waals surface area contributed by atoms with Crippen molar-refractivity contribution in [3.8, 4) is 22.8 Å². The second-order valence-corrected chi connectivity index (χ2v) is 7.23. The summed E-state index contributed by atoms with van der Waals surface area (Å²) in [7, 11) is 3.30. The van der Waals surface area contributed by atoms with Crippen molar-refractivity contribution in [3.63, 3.8) is 0 Å². The van der Waals surface area contributed by atoms with Crippen molar-refractivity contribution < 1.29 is 9.47 Å². The van der Waals surface area contributed by atoms with Crippen molar-refractivity contribution in [2.75, 3.05) is 19.2 Å². The average molecular weight is 379 g/mol. The summed E-state index contributed by atoms with van der Waals surface area (Å²) in [6, 6.07) is 16.3. The molecule has 0 saturated carbocycles. The van der Waals surface area contributed by atoms with Crippen LogP contribution >= 0.6 is 11.3 Å². The minimum Gasteiger partial charge on any atom is -0.493 e. The van der Waals surface area contributed by atoms with Crippen LogP contribution in [0.25, 0.3) is 11.3 Å². The van der Waals surface area contributed by atoms with E-state index in [4.69, 9.17) is 19.6 Å². The molecule has 0 N–H and O–H groups in total. The van der Waals surface area contributed by atoms with Crippen LogP contribution in [0.4, 0.5) is 5.13 Å². The Balaban J connectivity index is 1.67. The van der Waals surface area contributed by atoms with E-state index >= 15 is 0 Å². The number of benzene rings is 2. The third-order valence-corrected chi connectivity index (χ3v) is 5.44. The van der Waals surface area contributed by atoms with Gasteiger partial charge < -0.3 is 9.47 Å². The molecular formula is C21H21N3O2S.